The van der Waals surface area contributed by atoms with Crippen LogP contribution in [0.4, 0.5) is 0 Å². The van der Waals surface area contributed by atoms with Crippen LogP contribution in [0.3, 0.4) is 0 Å². The van der Waals surface area contributed by atoms with Crippen molar-refractivity contribution >= 4 is 0 Å². The second-order valence-corrected chi connectivity index (χ2v) is 5.78. The minimum absolute atomic E-state index is 0.0606. The summed E-state index contributed by atoms with van der Waals surface area (Å²) in [5.41, 5.74) is 9.16. The Bertz CT molecular complexity index is 352. The third kappa shape index (κ3) is 2.15. The number of rotatable bonds is 2. The highest BCUT2D eigenvalue weighted by Crippen LogP contribution is 2.39. The van der Waals surface area contributed by atoms with E-state index in [1.54, 1.807) is 0 Å². The van der Waals surface area contributed by atoms with E-state index in [2.05, 4.69) is 45.0 Å². The SMILES string of the molecule is CC1CCC(N)(c2ccc(C(C)C)cc2)C1. The molecule has 2 N–H and O–H groups in total. The normalized spacial score (nSPS) is 29.9. The molecule has 88 valence electrons. The molecule has 2 atom stereocenters. The van der Waals surface area contributed by atoms with Gasteiger partial charge in [0, 0.05) is 5.54 Å². The van der Waals surface area contributed by atoms with Crippen LogP contribution in [0.15, 0.2) is 24.3 Å². The van der Waals surface area contributed by atoms with E-state index in [-0.39, 0.29) is 5.54 Å². The smallest absolute Gasteiger partial charge is 0.0412 e. The lowest BCUT2D eigenvalue weighted by Gasteiger charge is -2.25. The van der Waals surface area contributed by atoms with Crippen LogP contribution < -0.4 is 5.73 Å². The van der Waals surface area contributed by atoms with Gasteiger partial charge in [-0.2, -0.15) is 0 Å². The zero-order valence-electron chi connectivity index (χ0n) is 10.7. The Labute approximate surface area is 99.0 Å². The lowest BCUT2D eigenvalue weighted by atomic mass is 9.87. The summed E-state index contributed by atoms with van der Waals surface area (Å²) >= 11 is 0. The van der Waals surface area contributed by atoms with Gasteiger partial charge in [-0.25, -0.2) is 0 Å². The highest BCUT2D eigenvalue weighted by Gasteiger charge is 2.34. The molecule has 2 unspecified atom stereocenters. The van der Waals surface area contributed by atoms with Gasteiger partial charge in [0.05, 0.1) is 0 Å². The number of nitrogens with two attached hydrogens (primary N) is 1. The van der Waals surface area contributed by atoms with Gasteiger partial charge in [0.1, 0.15) is 0 Å². The number of hydrogen-bond donors (Lipinski definition) is 1. The molecule has 1 aromatic rings. The quantitative estimate of drug-likeness (QED) is 0.801. The summed E-state index contributed by atoms with van der Waals surface area (Å²) in [6.07, 6.45) is 3.53. The van der Waals surface area contributed by atoms with Gasteiger partial charge in [-0.1, -0.05) is 45.0 Å². The molecule has 1 aliphatic carbocycles. The van der Waals surface area contributed by atoms with Gasteiger partial charge in [0.25, 0.3) is 0 Å². The molecule has 1 fully saturated rings. The topological polar surface area (TPSA) is 26.0 Å². The molecule has 0 bridgehead atoms. The first-order valence-corrected chi connectivity index (χ1v) is 6.40. The van der Waals surface area contributed by atoms with Crippen molar-refractivity contribution in [2.75, 3.05) is 0 Å². The van der Waals surface area contributed by atoms with E-state index < -0.39 is 0 Å². The molecule has 0 aliphatic heterocycles. The summed E-state index contributed by atoms with van der Waals surface area (Å²) in [6, 6.07) is 8.93. The Balaban J connectivity index is 2.21. The Morgan fingerprint density at radius 3 is 2.31 bits per heavy atom. The third-order valence-corrected chi connectivity index (χ3v) is 3.95. The molecule has 0 amide bonds. The first-order valence-electron chi connectivity index (χ1n) is 6.40. The number of benzene rings is 1. The van der Waals surface area contributed by atoms with Crippen molar-refractivity contribution in [1.82, 2.24) is 0 Å². The maximum atomic E-state index is 6.50. The third-order valence-electron chi connectivity index (χ3n) is 3.95. The van der Waals surface area contributed by atoms with Gasteiger partial charge in [0.2, 0.25) is 0 Å². The molecule has 0 saturated heterocycles. The van der Waals surface area contributed by atoms with Crippen LogP contribution in [0.5, 0.6) is 0 Å². The van der Waals surface area contributed by atoms with Crippen LogP contribution in [-0.4, -0.2) is 0 Å². The second-order valence-electron chi connectivity index (χ2n) is 5.78. The van der Waals surface area contributed by atoms with Crippen LogP contribution in [0.25, 0.3) is 0 Å². The Morgan fingerprint density at radius 1 is 1.25 bits per heavy atom. The zero-order valence-corrected chi connectivity index (χ0v) is 10.7. The average Bonchev–Trinajstić information content (AvgIpc) is 2.60. The molecular formula is C15H23N. The van der Waals surface area contributed by atoms with Crippen molar-refractivity contribution < 1.29 is 0 Å². The Kier molecular flexibility index (Phi) is 3.07. The monoisotopic (exact) mass is 217 g/mol. The van der Waals surface area contributed by atoms with Gasteiger partial charge >= 0.3 is 0 Å². The van der Waals surface area contributed by atoms with Crippen molar-refractivity contribution in [3.8, 4) is 0 Å². The minimum atomic E-state index is -0.0606. The highest BCUT2D eigenvalue weighted by molar-refractivity contribution is 5.30. The fourth-order valence-corrected chi connectivity index (χ4v) is 2.79. The van der Waals surface area contributed by atoms with E-state index in [1.165, 1.54) is 17.5 Å². The van der Waals surface area contributed by atoms with Gasteiger partial charge in [-0.15, -0.1) is 0 Å². The van der Waals surface area contributed by atoms with Crippen LogP contribution in [-0.2, 0) is 5.54 Å². The standard InChI is InChI=1S/C15H23N/c1-11(2)13-4-6-14(7-5-13)15(16)9-8-12(3)10-15/h4-7,11-12H,8-10,16H2,1-3H3. The van der Waals surface area contributed by atoms with Gasteiger partial charge in [-0.3, -0.25) is 0 Å². The van der Waals surface area contributed by atoms with Crippen LogP contribution in [0.1, 0.15) is 57.1 Å². The van der Waals surface area contributed by atoms with Crippen molar-refractivity contribution in [2.24, 2.45) is 11.7 Å². The van der Waals surface area contributed by atoms with Crippen LogP contribution in [0, 0.1) is 5.92 Å². The summed E-state index contributed by atoms with van der Waals surface area (Å²) in [5.74, 6) is 1.38. The van der Waals surface area contributed by atoms with E-state index in [0.29, 0.717) is 5.92 Å². The number of hydrogen-bond acceptors (Lipinski definition) is 1. The summed E-state index contributed by atoms with van der Waals surface area (Å²) in [4.78, 5) is 0. The average molecular weight is 217 g/mol. The first-order chi connectivity index (χ1) is 7.51. The molecule has 0 radical (unpaired) electrons. The Hall–Kier alpha value is -0.820. The first kappa shape index (κ1) is 11.7. The second kappa shape index (κ2) is 4.21. The predicted octanol–water partition coefficient (Wildman–Crippen LogP) is 3.78. The summed E-state index contributed by atoms with van der Waals surface area (Å²) < 4.78 is 0. The molecule has 0 spiro atoms. The van der Waals surface area contributed by atoms with Crippen molar-refractivity contribution in [3.05, 3.63) is 35.4 Å². The molecule has 1 nitrogen and oxygen atoms in total. The minimum Gasteiger partial charge on any atom is -0.321 e. The van der Waals surface area contributed by atoms with E-state index in [9.17, 15) is 0 Å². The summed E-state index contributed by atoms with van der Waals surface area (Å²) in [5, 5.41) is 0. The largest absolute Gasteiger partial charge is 0.321 e. The summed E-state index contributed by atoms with van der Waals surface area (Å²) in [6.45, 7) is 6.76. The zero-order chi connectivity index (χ0) is 11.8. The molecule has 0 aromatic heterocycles. The molecule has 1 heteroatoms. The van der Waals surface area contributed by atoms with E-state index >= 15 is 0 Å². The molecule has 2 rings (SSSR count). The molecule has 1 aliphatic rings. The van der Waals surface area contributed by atoms with Gasteiger partial charge in [0.15, 0.2) is 0 Å². The molecule has 1 aromatic carbocycles. The Morgan fingerprint density at radius 2 is 1.88 bits per heavy atom. The lowest BCUT2D eigenvalue weighted by molar-refractivity contribution is 0.440. The van der Waals surface area contributed by atoms with Crippen molar-refractivity contribution in [2.45, 2.75) is 51.5 Å². The predicted molar refractivity (Wildman–Crippen MR) is 69.4 cm³/mol. The molecular weight excluding hydrogens is 194 g/mol. The van der Waals surface area contributed by atoms with E-state index in [4.69, 9.17) is 5.73 Å². The van der Waals surface area contributed by atoms with E-state index in [0.717, 1.165) is 18.8 Å². The highest BCUT2D eigenvalue weighted by atomic mass is 14.8. The fourth-order valence-electron chi connectivity index (χ4n) is 2.79. The maximum absolute atomic E-state index is 6.50. The molecule has 16 heavy (non-hydrogen) atoms. The molecule has 1 saturated carbocycles. The van der Waals surface area contributed by atoms with Crippen LogP contribution >= 0.6 is 0 Å². The van der Waals surface area contributed by atoms with Gasteiger partial charge in [-0.05, 0) is 42.2 Å². The molecule has 0 heterocycles. The maximum Gasteiger partial charge on any atom is 0.0412 e. The van der Waals surface area contributed by atoms with E-state index in [1.807, 2.05) is 0 Å². The lowest BCUT2D eigenvalue weighted by Crippen LogP contribution is -2.33. The van der Waals surface area contributed by atoms with Crippen LogP contribution in [0.2, 0.25) is 0 Å². The summed E-state index contributed by atoms with van der Waals surface area (Å²) in [7, 11) is 0. The fraction of sp³-hybridized carbons (Fsp3) is 0.600. The van der Waals surface area contributed by atoms with Crippen molar-refractivity contribution in [3.63, 3.8) is 0 Å². The van der Waals surface area contributed by atoms with Crippen molar-refractivity contribution in [1.29, 1.82) is 0 Å². The van der Waals surface area contributed by atoms with Gasteiger partial charge < -0.3 is 5.73 Å².